The number of hydrogen-bond donors (Lipinski definition) is 0. The van der Waals surface area contributed by atoms with Crippen molar-refractivity contribution in [3.63, 3.8) is 0 Å². The highest BCUT2D eigenvalue weighted by Crippen LogP contribution is 2.23. The summed E-state index contributed by atoms with van der Waals surface area (Å²) in [6.07, 6.45) is 2.78. The van der Waals surface area contributed by atoms with Gasteiger partial charge in [0.15, 0.2) is 16.7 Å². The van der Waals surface area contributed by atoms with E-state index >= 15 is 0 Å². The average Bonchev–Trinajstić information content (AvgIpc) is 3.97. The Kier molecular flexibility index (Phi) is 24.3. The van der Waals surface area contributed by atoms with Gasteiger partial charge >= 0.3 is 5.69 Å². The largest absolute Gasteiger partial charge is 0.692 e. The van der Waals surface area contributed by atoms with Crippen LogP contribution in [0.15, 0.2) is 77.0 Å². The van der Waals surface area contributed by atoms with Gasteiger partial charge in [-0.3, -0.25) is 57.1 Å². The number of likely N-dealkylation sites (N-methyl/N-ethyl adjacent to an activating group) is 2. The first kappa shape index (κ1) is 66.7. The van der Waals surface area contributed by atoms with Crippen LogP contribution in [0.3, 0.4) is 0 Å². The lowest BCUT2D eigenvalue weighted by Crippen LogP contribution is -2.46. The number of likely N-dealkylation sites (tertiary alicyclic amines) is 1. The Balaban J connectivity index is 0.000000450. The zero-order chi connectivity index (χ0) is 60.2. The van der Waals surface area contributed by atoms with Crippen molar-refractivity contribution in [2.75, 3.05) is 35.2 Å². The molecule has 77 heavy (non-hydrogen) atoms. The molecule has 0 bridgehead atoms. The molecule has 4 amide bonds. The van der Waals surface area contributed by atoms with Gasteiger partial charge in [0, 0.05) is 119 Å². The normalized spacial score (nSPS) is 15.5. The summed E-state index contributed by atoms with van der Waals surface area (Å²) >= 11 is 0. The molecule has 24 nitrogen and oxygen atoms in total. The fourth-order valence-electron chi connectivity index (χ4n) is 6.92. The summed E-state index contributed by atoms with van der Waals surface area (Å²) in [5, 5.41) is 18.9. The highest BCUT2D eigenvalue weighted by atomic mass is 16.5. The molecule has 3 aliphatic rings. The molecule has 0 saturated carbocycles. The van der Waals surface area contributed by atoms with Crippen LogP contribution in [0.1, 0.15) is 93.0 Å². The third kappa shape index (κ3) is 16.1. The molecule has 0 aromatic carbocycles. The molecule has 4 aromatic rings. The number of carbonyl (C=O) groups excluding carboxylic acids is 4. The Morgan fingerprint density at radius 2 is 1.23 bits per heavy atom. The van der Waals surface area contributed by atoms with Gasteiger partial charge in [0.25, 0.3) is 28.5 Å². The minimum absolute atomic E-state index is 0.0301. The number of aromatic nitrogens is 9. The summed E-state index contributed by atoms with van der Waals surface area (Å²) in [5.41, 5.74) is 7.49. The second kappa shape index (κ2) is 28.0. The monoisotopic (exact) mass is 1070 g/mol. The highest BCUT2D eigenvalue weighted by Gasteiger charge is 2.31. The lowest BCUT2D eigenvalue weighted by molar-refractivity contribution is -0.702. The summed E-state index contributed by atoms with van der Waals surface area (Å²) in [4.78, 5) is 99.6. The Morgan fingerprint density at radius 1 is 0.688 bits per heavy atom. The van der Waals surface area contributed by atoms with Gasteiger partial charge in [0.05, 0.1) is 13.5 Å². The van der Waals surface area contributed by atoms with Crippen molar-refractivity contribution in [1.29, 1.82) is 0 Å². The van der Waals surface area contributed by atoms with Crippen LogP contribution in [-0.4, -0.2) is 127 Å². The molecule has 424 valence electrons. The first-order valence-corrected chi connectivity index (χ1v) is 24.3. The van der Waals surface area contributed by atoms with Gasteiger partial charge in [-0.25, -0.2) is 9.48 Å². The van der Waals surface area contributed by atoms with E-state index in [1.807, 2.05) is 105 Å². The van der Waals surface area contributed by atoms with E-state index in [1.165, 1.54) is 35.4 Å². The van der Waals surface area contributed by atoms with E-state index in [0.717, 1.165) is 82.9 Å². The summed E-state index contributed by atoms with van der Waals surface area (Å²) in [6.45, 7) is 35.8. The first-order chi connectivity index (χ1) is 35.3. The fourth-order valence-corrected chi connectivity index (χ4v) is 6.92. The predicted octanol–water partition coefficient (Wildman–Crippen LogP) is -0.0501. The van der Waals surface area contributed by atoms with E-state index < -0.39 is 5.69 Å². The number of hydrogen-bond acceptors (Lipinski definition) is 14. The van der Waals surface area contributed by atoms with Gasteiger partial charge in [0.2, 0.25) is 17.5 Å². The zero-order valence-corrected chi connectivity index (χ0v) is 49.4. The molecule has 0 N–H and O–H groups in total. The van der Waals surface area contributed by atoms with Crippen molar-refractivity contribution >= 4 is 47.9 Å². The van der Waals surface area contributed by atoms with Crippen molar-refractivity contribution in [3.8, 4) is 0 Å². The van der Waals surface area contributed by atoms with Crippen LogP contribution in [0.2, 0.25) is 0 Å². The molecular formula is C53H82N14O10. The number of oxazole rings is 1. The maximum Gasteiger partial charge on any atom is 0.346 e. The molecule has 7 rings (SSSR count). The van der Waals surface area contributed by atoms with Crippen LogP contribution < -0.4 is 49.0 Å². The second-order valence-corrected chi connectivity index (χ2v) is 19.0. The maximum absolute atomic E-state index is 11.5. The van der Waals surface area contributed by atoms with Gasteiger partial charge in [-0.1, -0.05) is 32.2 Å². The number of rotatable bonds is 1. The molecule has 4 aromatic heterocycles. The van der Waals surface area contributed by atoms with Crippen molar-refractivity contribution in [2.24, 2.45) is 42.3 Å². The number of nitrogens with zero attached hydrogens (tertiary/aromatic N) is 14. The topological polar surface area (TPSA) is 248 Å². The van der Waals surface area contributed by atoms with Crippen LogP contribution in [0.25, 0.3) is 24.3 Å². The van der Waals surface area contributed by atoms with Crippen molar-refractivity contribution < 1.29 is 28.4 Å². The first-order valence-electron chi connectivity index (χ1n) is 24.3. The lowest BCUT2D eigenvalue weighted by Gasteiger charge is -2.38. The van der Waals surface area contributed by atoms with Crippen molar-refractivity contribution in [3.05, 3.63) is 133 Å². The Morgan fingerprint density at radius 3 is 1.57 bits per heavy atom. The highest BCUT2D eigenvalue weighted by molar-refractivity contribution is 6.13. The van der Waals surface area contributed by atoms with Gasteiger partial charge in [-0.15, -0.1) is 0 Å². The molecule has 0 radical (unpaired) electrons. The number of aryl methyl sites for hydroxylation is 3. The van der Waals surface area contributed by atoms with E-state index in [4.69, 9.17) is 4.42 Å². The van der Waals surface area contributed by atoms with Crippen molar-refractivity contribution in [1.82, 2.24) is 62.4 Å². The quantitative estimate of drug-likeness (QED) is 0.105. The van der Waals surface area contributed by atoms with Crippen LogP contribution in [0.4, 0.5) is 0 Å². The molecule has 2 fully saturated rings. The summed E-state index contributed by atoms with van der Waals surface area (Å²) in [7, 11) is 18.6. The van der Waals surface area contributed by atoms with Gasteiger partial charge in [-0.05, 0) is 84.3 Å². The smallest absolute Gasteiger partial charge is 0.346 e. The maximum atomic E-state index is 11.5. The third-order valence-corrected chi connectivity index (χ3v) is 13.3. The Hall–Kier alpha value is -8.31. The van der Waals surface area contributed by atoms with Crippen molar-refractivity contribution in [2.45, 2.75) is 101 Å². The SMILES string of the molecule is C=C1N(C)C(=O)C(C)=C(C)N1C.C=C1N(C)C(=O)CC(C)N1C.C=c1n(C)c(=O)c(=C(C)C)n1C.C=c1oc(=C(C)CC)c(=O)n1C.CC(C)=C1CC(=O)N(C)C1=O.Cc1nn(C)[n+]([O-])c1C.Cn1ncc(=O)n(C)c1=O. The van der Waals surface area contributed by atoms with Crippen LogP contribution >= 0.6 is 0 Å². The van der Waals surface area contributed by atoms with Crippen LogP contribution in [0, 0.1) is 19.1 Å². The molecule has 1 unspecified atom stereocenters. The zero-order valence-electron chi connectivity index (χ0n) is 49.4. The molecule has 0 aliphatic carbocycles. The molecule has 1 atom stereocenters. The predicted molar refractivity (Wildman–Crippen MR) is 297 cm³/mol. The summed E-state index contributed by atoms with van der Waals surface area (Å²) in [6, 6.07) is 0.284. The number of allylic oxidation sites excluding steroid dienone is 2. The summed E-state index contributed by atoms with van der Waals surface area (Å²) in [5.74, 6) is 1.45. The van der Waals surface area contributed by atoms with E-state index in [2.05, 4.69) is 36.5 Å². The van der Waals surface area contributed by atoms with Crippen LogP contribution in [0.5, 0.6) is 0 Å². The number of carbonyl (C=O) groups is 4. The van der Waals surface area contributed by atoms with E-state index in [9.17, 15) is 43.6 Å². The second-order valence-electron chi connectivity index (χ2n) is 19.0. The Labute approximate surface area is 449 Å². The van der Waals surface area contributed by atoms with E-state index in [-0.39, 0.29) is 52.8 Å². The molecule has 0 spiro atoms. The standard InChI is InChI=1S/2C9H14N2O.C9H13NO2.C8H14N2O.C8H11NO2.C5H7N3O2.C5H9N3O/c1-6-7(2)10(4)8(3)11(5)9(6)12;1-6(2)8-9(12)11(5)7(3)10(8)4;1-5-6(2)8-9(11)10(4)7(3)12-8;1-6-5-8(11)10(4)7(2)9(6)3;1-5(2)6-4-7(10)9(3)8(6)11;1-7-4(9)3-6-8(2)5(7)10;1-4-5(2)8(9)7(3)6-4/h2*3H2,1-2,4-5H3;3,5H2,1-2,4H3;6H,2,5H2,1,3-4H3;4H2,1-3H3;3H,1-2H3;1-3H3. The van der Waals surface area contributed by atoms with Gasteiger partial charge in [-0.2, -0.15) is 9.94 Å². The fraction of sp³-hybridized carbons (Fsp3) is 0.491. The molecule has 24 heteroatoms. The van der Waals surface area contributed by atoms with Gasteiger partial charge in [0.1, 0.15) is 28.7 Å². The van der Waals surface area contributed by atoms with Crippen LogP contribution in [-0.2, 0) is 61.5 Å². The Bertz CT molecular complexity index is 3430. The molecule has 3 aliphatic heterocycles. The van der Waals surface area contributed by atoms with Gasteiger partial charge < -0.3 is 28.9 Å². The number of imide groups is 1. The van der Waals surface area contributed by atoms with E-state index in [1.54, 1.807) is 56.5 Å². The summed E-state index contributed by atoms with van der Waals surface area (Å²) < 4.78 is 12.1. The minimum atomic E-state index is -0.410. The molecule has 7 heterocycles. The minimum Gasteiger partial charge on any atom is -0.692 e. The van der Waals surface area contributed by atoms with E-state index in [0.29, 0.717) is 28.6 Å². The average molecular weight is 1080 g/mol. The lowest BCUT2D eigenvalue weighted by atomic mass is 10.1. The third-order valence-electron chi connectivity index (χ3n) is 13.3. The number of imidazole rings is 1. The molecule has 2 saturated heterocycles. The number of amides is 4. The molecular weight excluding hydrogens is 993 g/mol.